The van der Waals surface area contributed by atoms with Gasteiger partial charge in [-0.05, 0) is 24.3 Å². The van der Waals surface area contributed by atoms with Crippen LogP contribution in [0.15, 0.2) is 42.7 Å². The van der Waals surface area contributed by atoms with Crippen molar-refractivity contribution < 1.29 is 8.78 Å². The van der Waals surface area contributed by atoms with Crippen LogP contribution < -0.4 is 5.49 Å². The second kappa shape index (κ2) is 6.75. The van der Waals surface area contributed by atoms with Crippen molar-refractivity contribution in [1.29, 1.82) is 5.41 Å². The lowest BCUT2D eigenvalue weighted by molar-refractivity contribution is 0.585. The first kappa shape index (κ1) is 17.6. The summed E-state index contributed by atoms with van der Waals surface area (Å²) >= 11 is 12.5. The maximum Gasteiger partial charge on any atom is 0.173 e. The summed E-state index contributed by atoms with van der Waals surface area (Å²) < 4.78 is 28.9. The van der Waals surface area contributed by atoms with E-state index in [-0.39, 0.29) is 23.4 Å². The number of imidazole rings is 1. The van der Waals surface area contributed by atoms with Gasteiger partial charge in [-0.25, -0.2) is 18.7 Å². The van der Waals surface area contributed by atoms with E-state index in [2.05, 4.69) is 15.0 Å². The first-order chi connectivity index (χ1) is 12.9. The van der Waals surface area contributed by atoms with E-state index < -0.39 is 11.6 Å². The summed E-state index contributed by atoms with van der Waals surface area (Å²) in [5.41, 5.74) is 1.41. The highest BCUT2D eigenvalue weighted by atomic mass is 35.5. The standard InChI is InChI=1S/C18H11Cl2F2N5/c19-12-2-1-3-13(20)11(12)7-27-8-24-16(23)15-18(27)26-17(25-15)10-5-4-9(21)6-14(10)22/h1-6,8,23H,7H2,(H,25,26). The molecule has 0 bridgehead atoms. The first-order valence-corrected chi connectivity index (χ1v) is 8.57. The van der Waals surface area contributed by atoms with Gasteiger partial charge in [0.1, 0.15) is 23.0 Å². The molecule has 9 heteroatoms. The predicted molar refractivity (Wildman–Crippen MR) is 98.6 cm³/mol. The number of rotatable bonds is 3. The minimum absolute atomic E-state index is 0.0484. The normalized spacial score (nSPS) is 11.3. The average Bonchev–Trinajstić information content (AvgIpc) is 3.06. The van der Waals surface area contributed by atoms with Crippen LogP contribution in [-0.2, 0) is 6.54 Å². The third-order valence-corrected chi connectivity index (χ3v) is 4.80. The zero-order valence-electron chi connectivity index (χ0n) is 13.6. The van der Waals surface area contributed by atoms with Crippen molar-refractivity contribution in [2.75, 3.05) is 0 Å². The molecule has 0 unspecified atom stereocenters. The molecule has 0 aliphatic carbocycles. The van der Waals surface area contributed by atoms with Crippen molar-refractivity contribution >= 4 is 34.4 Å². The molecule has 4 aromatic rings. The lowest BCUT2D eigenvalue weighted by Gasteiger charge is -2.10. The summed E-state index contributed by atoms with van der Waals surface area (Å²) in [7, 11) is 0. The molecule has 0 saturated carbocycles. The van der Waals surface area contributed by atoms with Crippen molar-refractivity contribution in [3.8, 4) is 11.4 Å². The molecule has 5 nitrogen and oxygen atoms in total. The SMILES string of the molecule is N=c1ncn(Cc2c(Cl)cccc2Cl)c2nc(-c3ccc(F)cc3F)[nH]c12. The quantitative estimate of drug-likeness (QED) is 0.525. The van der Waals surface area contributed by atoms with Crippen LogP contribution in [0.2, 0.25) is 10.0 Å². The number of halogens is 4. The number of hydrogen-bond acceptors (Lipinski definition) is 3. The fourth-order valence-electron chi connectivity index (χ4n) is 2.76. The third kappa shape index (κ3) is 3.20. The number of nitrogens with zero attached hydrogens (tertiary/aromatic N) is 3. The second-order valence-electron chi connectivity index (χ2n) is 5.83. The Morgan fingerprint density at radius 2 is 1.85 bits per heavy atom. The Balaban J connectivity index is 1.87. The number of aromatic amines is 1. The van der Waals surface area contributed by atoms with Gasteiger partial charge >= 0.3 is 0 Å². The molecule has 27 heavy (non-hydrogen) atoms. The van der Waals surface area contributed by atoms with E-state index in [0.717, 1.165) is 12.1 Å². The van der Waals surface area contributed by atoms with Gasteiger partial charge in [0, 0.05) is 21.7 Å². The fraction of sp³-hybridized carbons (Fsp3) is 0.0556. The molecule has 0 radical (unpaired) electrons. The summed E-state index contributed by atoms with van der Waals surface area (Å²) in [5, 5.41) is 8.96. The number of benzene rings is 2. The summed E-state index contributed by atoms with van der Waals surface area (Å²) in [5.74, 6) is -1.27. The smallest absolute Gasteiger partial charge is 0.173 e. The van der Waals surface area contributed by atoms with Gasteiger partial charge in [-0.3, -0.25) is 5.41 Å². The zero-order valence-corrected chi connectivity index (χ0v) is 15.1. The molecule has 0 aliphatic rings. The van der Waals surface area contributed by atoms with Crippen LogP contribution in [0.4, 0.5) is 8.78 Å². The Kier molecular flexibility index (Phi) is 4.41. The van der Waals surface area contributed by atoms with E-state index in [0.29, 0.717) is 26.8 Å². The summed E-state index contributed by atoms with van der Waals surface area (Å²) in [6, 6.07) is 8.38. The maximum absolute atomic E-state index is 14.1. The Labute approximate surface area is 161 Å². The van der Waals surface area contributed by atoms with Gasteiger partial charge in [-0.2, -0.15) is 0 Å². The summed E-state index contributed by atoms with van der Waals surface area (Å²) in [6.45, 7) is 0.262. The van der Waals surface area contributed by atoms with Crippen LogP contribution in [0.25, 0.3) is 22.6 Å². The number of aromatic nitrogens is 4. The molecule has 136 valence electrons. The molecule has 0 saturated heterocycles. The van der Waals surface area contributed by atoms with Crippen LogP contribution in [0.5, 0.6) is 0 Å². The molecule has 2 aromatic heterocycles. The topological polar surface area (TPSA) is 70.3 Å². The monoisotopic (exact) mass is 405 g/mol. The van der Waals surface area contributed by atoms with Crippen molar-refractivity contribution in [2.45, 2.75) is 6.54 Å². The van der Waals surface area contributed by atoms with E-state index in [1.807, 2.05) is 0 Å². The van der Waals surface area contributed by atoms with E-state index in [4.69, 9.17) is 28.6 Å². The minimum Gasteiger partial charge on any atom is -0.333 e. The van der Waals surface area contributed by atoms with Crippen LogP contribution in [0.1, 0.15) is 5.56 Å². The molecule has 2 heterocycles. The number of hydrogen-bond donors (Lipinski definition) is 2. The zero-order chi connectivity index (χ0) is 19.1. The van der Waals surface area contributed by atoms with Crippen LogP contribution in [-0.4, -0.2) is 19.5 Å². The van der Waals surface area contributed by atoms with Gasteiger partial charge in [0.2, 0.25) is 0 Å². The van der Waals surface area contributed by atoms with E-state index in [9.17, 15) is 8.78 Å². The van der Waals surface area contributed by atoms with Gasteiger partial charge in [-0.1, -0.05) is 29.3 Å². The van der Waals surface area contributed by atoms with Gasteiger partial charge < -0.3 is 9.55 Å². The Morgan fingerprint density at radius 3 is 2.56 bits per heavy atom. The van der Waals surface area contributed by atoms with Crippen molar-refractivity contribution in [2.24, 2.45) is 0 Å². The highest BCUT2D eigenvalue weighted by Crippen LogP contribution is 2.27. The highest BCUT2D eigenvalue weighted by Gasteiger charge is 2.15. The van der Waals surface area contributed by atoms with Gasteiger partial charge in [0.05, 0.1) is 18.4 Å². The predicted octanol–water partition coefficient (Wildman–Crippen LogP) is 4.54. The first-order valence-electron chi connectivity index (χ1n) is 7.82. The number of fused-ring (bicyclic) bond motifs is 1. The molecule has 4 rings (SSSR count). The molecule has 0 atom stereocenters. The van der Waals surface area contributed by atoms with Crippen LogP contribution >= 0.6 is 23.2 Å². The van der Waals surface area contributed by atoms with Gasteiger partial charge in [-0.15, -0.1) is 0 Å². The molecular formula is C18H11Cl2F2N5. The lowest BCUT2D eigenvalue weighted by Crippen LogP contribution is -2.13. The van der Waals surface area contributed by atoms with Crippen molar-refractivity contribution in [3.63, 3.8) is 0 Å². The van der Waals surface area contributed by atoms with Crippen molar-refractivity contribution in [3.05, 3.63) is 75.5 Å². The molecular weight excluding hydrogens is 395 g/mol. The number of nitrogens with one attached hydrogen (secondary N) is 2. The lowest BCUT2D eigenvalue weighted by atomic mass is 10.2. The second-order valence-corrected chi connectivity index (χ2v) is 6.64. The molecule has 2 aromatic carbocycles. The van der Waals surface area contributed by atoms with Gasteiger partial charge in [0.15, 0.2) is 11.1 Å². The third-order valence-electron chi connectivity index (χ3n) is 4.10. The van der Waals surface area contributed by atoms with E-state index in [1.165, 1.54) is 12.4 Å². The molecule has 0 amide bonds. The summed E-state index contributed by atoms with van der Waals surface area (Å²) in [4.78, 5) is 11.3. The van der Waals surface area contributed by atoms with Crippen LogP contribution in [0, 0.1) is 17.0 Å². The minimum atomic E-state index is -0.755. The molecule has 0 spiro atoms. The Hall–Kier alpha value is -2.77. The highest BCUT2D eigenvalue weighted by molar-refractivity contribution is 6.36. The summed E-state index contributed by atoms with van der Waals surface area (Å²) in [6.07, 6.45) is 1.44. The number of H-pyrrole nitrogens is 1. The average molecular weight is 406 g/mol. The molecule has 0 fully saturated rings. The van der Waals surface area contributed by atoms with Gasteiger partial charge in [0.25, 0.3) is 0 Å². The fourth-order valence-corrected chi connectivity index (χ4v) is 3.28. The van der Waals surface area contributed by atoms with Crippen LogP contribution in [0.3, 0.4) is 0 Å². The van der Waals surface area contributed by atoms with Crippen molar-refractivity contribution in [1.82, 2.24) is 19.5 Å². The Morgan fingerprint density at radius 1 is 1.11 bits per heavy atom. The largest absolute Gasteiger partial charge is 0.333 e. The molecule has 0 aliphatic heterocycles. The van der Waals surface area contributed by atoms with E-state index >= 15 is 0 Å². The Bertz CT molecular complexity index is 1210. The molecule has 2 N–H and O–H groups in total. The van der Waals surface area contributed by atoms with E-state index in [1.54, 1.807) is 22.8 Å². The maximum atomic E-state index is 14.1.